The zero-order valence-corrected chi connectivity index (χ0v) is 21.3. The summed E-state index contributed by atoms with van der Waals surface area (Å²) in [6.45, 7) is -1.67. The zero-order chi connectivity index (χ0) is 29.0. The molecule has 1 atom stereocenters. The second-order valence-corrected chi connectivity index (χ2v) is 8.52. The first-order valence-electron chi connectivity index (χ1n) is 11.0. The van der Waals surface area contributed by atoms with Gasteiger partial charge in [0.25, 0.3) is 5.91 Å². The number of hydrogen-bond acceptors (Lipinski definition) is 7. The molecule has 0 radical (unpaired) electrons. The van der Waals surface area contributed by atoms with Gasteiger partial charge in [-0.25, -0.2) is 14.2 Å². The van der Waals surface area contributed by atoms with Gasteiger partial charge in [-0.05, 0) is 48.5 Å². The van der Waals surface area contributed by atoms with Gasteiger partial charge in [-0.15, -0.1) is 0 Å². The van der Waals surface area contributed by atoms with E-state index in [1.54, 1.807) is 0 Å². The number of aliphatic hydroxyl groups is 1. The van der Waals surface area contributed by atoms with Crippen LogP contribution in [0.15, 0.2) is 48.5 Å². The highest BCUT2D eigenvalue weighted by molar-refractivity contribution is 6.31. The molecule has 3 aromatic rings. The highest BCUT2D eigenvalue weighted by Gasteiger charge is 2.56. The third kappa shape index (κ3) is 6.56. The molecule has 5 N–H and O–H groups in total. The number of aromatic nitrogens is 1. The molecule has 0 saturated heterocycles. The predicted molar refractivity (Wildman–Crippen MR) is 130 cm³/mol. The van der Waals surface area contributed by atoms with Crippen molar-refractivity contribution in [2.75, 3.05) is 27.4 Å². The van der Waals surface area contributed by atoms with Crippen molar-refractivity contribution in [1.82, 2.24) is 10.3 Å². The van der Waals surface area contributed by atoms with Crippen LogP contribution in [0.1, 0.15) is 16.1 Å². The third-order valence-electron chi connectivity index (χ3n) is 5.48. The molecule has 9 nitrogen and oxygen atoms in total. The fourth-order valence-electron chi connectivity index (χ4n) is 3.42. The summed E-state index contributed by atoms with van der Waals surface area (Å²) in [6.07, 6.45) is -5.28. The Morgan fingerprint density at radius 3 is 2.28 bits per heavy atom. The van der Waals surface area contributed by atoms with Crippen molar-refractivity contribution in [2.45, 2.75) is 11.8 Å². The van der Waals surface area contributed by atoms with Gasteiger partial charge in [-0.3, -0.25) is 10.5 Å². The Bertz CT molecular complexity index is 1390. The molecule has 3 rings (SSSR count). The third-order valence-corrected chi connectivity index (χ3v) is 5.77. The SMILES string of the molecule is COc1cc(C(=O)NCC(O)(c2ccc(OC)c(-c3ccc(F)c(Cl)c3)n2)C(F)(F)F)ccc1OCC([NH3+])=O. The van der Waals surface area contributed by atoms with E-state index in [4.69, 9.17) is 25.8 Å². The molecular formula is C25H23ClF4N3O6+. The van der Waals surface area contributed by atoms with Crippen LogP contribution in [0.25, 0.3) is 11.3 Å². The van der Waals surface area contributed by atoms with Crippen LogP contribution in [0, 0.1) is 5.82 Å². The van der Waals surface area contributed by atoms with Gasteiger partial charge in [0.1, 0.15) is 17.3 Å². The smallest absolute Gasteiger partial charge is 0.424 e. The van der Waals surface area contributed by atoms with E-state index < -0.39 is 41.6 Å². The first-order valence-corrected chi connectivity index (χ1v) is 11.4. The Kier molecular flexibility index (Phi) is 8.99. The molecule has 14 heteroatoms. The number of carbonyl (C=O) groups excluding carboxylic acids is 2. The summed E-state index contributed by atoms with van der Waals surface area (Å²) in [5.41, 5.74) is -1.45. The standard InChI is InChI=1S/C25H22ClF4N3O6/c1-37-18-7-8-20(33-22(18)13-3-5-16(27)15(26)9-13)24(36,25(28,29)30)12-32-23(35)14-4-6-17(19(10-14)38-2)39-11-21(31)34/h3-10,36H,11-12H2,1-2H3,(H2,31,34)(H,32,35)/p+1. The maximum atomic E-state index is 14.2. The van der Waals surface area contributed by atoms with Gasteiger partial charge in [-0.1, -0.05) is 11.6 Å². The molecule has 2 aromatic carbocycles. The lowest BCUT2D eigenvalue weighted by atomic mass is 9.96. The summed E-state index contributed by atoms with van der Waals surface area (Å²) >= 11 is 5.81. The number of methoxy groups -OCH3 is 2. The molecule has 0 spiro atoms. The number of rotatable bonds is 10. The van der Waals surface area contributed by atoms with Gasteiger partial charge in [-0.2, -0.15) is 13.2 Å². The number of nitrogens with one attached hydrogen (secondary N) is 1. The van der Waals surface area contributed by atoms with Crippen molar-refractivity contribution >= 4 is 23.4 Å². The first-order chi connectivity index (χ1) is 18.3. The quantitative estimate of drug-likeness (QED) is 0.318. The van der Waals surface area contributed by atoms with Crippen LogP contribution in [-0.4, -0.2) is 55.5 Å². The molecule has 1 heterocycles. The van der Waals surface area contributed by atoms with Crippen molar-refractivity contribution in [3.8, 4) is 28.5 Å². The van der Waals surface area contributed by atoms with E-state index in [0.717, 1.165) is 24.3 Å². The molecule has 39 heavy (non-hydrogen) atoms. The summed E-state index contributed by atoms with van der Waals surface area (Å²) in [5.74, 6) is -2.07. The zero-order valence-electron chi connectivity index (χ0n) is 20.6. The number of amides is 2. The molecular weight excluding hydrogens is 550 g/mol. The van der Waals surface area contributed by atoms with Crippen molar-refractivity contribution in [2.24, 2.45) is 0 Å². The van der Waals surface area contributed by atoms with Gasteiger partial charge < -0.3 is 24.6 Å². The van der Waals surface area contributed by atoms with E-state index in [2.05, 4.69) is 16.0 Å². The molecule has 1 unspecified atom stereocenters. The average molecular weight is 573 g/mol. The monoisotopic (exact) mass is 572 g/mol. The van der Waals surface area contributed by atoms with Crippen LogP contribution in [0.3, 0.4) is 0 Å². The molecule has 0 aliphatic carbocycles. The lowest BCUT2D eigenvalue weighted by Crippen LogP contribution is -2.59. The van der Waals surface area contributed by atoms with Gasteiger partial charge in [0.2, 0.25) is 12.2 Å². The largest absolute Gasteiger partial charge is 0.494 e. The first kappa shape index (κ1) is 29.6. The number of nitrogens with zero attached hydrogens (tertiary/aromatic N) is 1. The number of hydrogen-bond donors (Lipinski definition) is 3. The molecule has 0 saturated carbocycles. The van der Waals surface area contributed by atoms with Crippen LogP contribution >= 0.6 is 11.6 Å². The van der Waals surface area contributed by atoms with Crippen LogP contribution in [0.2, 0.25) is 5.02 Å². The predicted octanol–water partition coefficient (Wildman–Crippen LogP) is 2.89. The Morgan fingerprint density at radius 1 is 1.03 bits per heavy atom. The number of quaternary nitrogens is 1. The summed E-state index contributed by atoms with van der Waals surface area (Å²) in [4.78, 5) is 27.7. The Labute approximate surface area is 224 Å². The molecule has 1 aromatic heterocycles. The fourth-order valence-corrected chi connectivity index (χ4v) is 3.60. The number of alkyl halides is 3. The van der Waals surface area contributed by atoms with E-state index >= 15 is 0 Å². The van der Waals surface area contributed by atoms with E-state index in [1.807, 2.05) is 0 Å². The molecule has 2 amide bonds. The Balaban J connectivity index is 1.93. The lowest BCUT2D eigenvalue weighted by molar-refractivity contribution is -0.307. The summed E-state index contributed by atoms with van der Waals surface area (Å²) < 4.78 is 71.7. The molecule has 0 fully saturated rings. The van der Waals surface area contributed by atoms with Crippen molar-refractivity contribution in [1.29, 1.82) is 0 Å². The minimum absolute atomic E-state index is 0.0324. The van der Waals surface area contributed by atoms with E-state index in [-0.39, 0.29) is 45.7 Å². The van der Waals surface area contributed by atoms with E-state index in [1.165, 1.54) is 38.5 Å². The number of halogens is 5. The van der Waals surface area contributed by atoms with E-state index in [0.29, 0.717) is 0 Å². The summed E-state index contributed by atoms with van der Waals surface area (Å²) in [5, 5.41) is 12.6. The van der Waals surface area contributed by atoms with Gasteiger partial charge in [0.15, 0.2) is 11.5 Å². The Hall–Kier alpha value is -3.94. The van der Waals surface area contributed by atoms with Gasteiger partial charge >= 0.3 is 12.1 Å². The summed E-state index contributed by atoms with van der Waals surface area (Å²) in [6, 6.07) is 9.13. The second kappa shape index (κ2) is 11.8. The normalized spacial score (nSPS) is 12.8. The van der Waals surface area contributed by atoms with Crippen LogP contribution in [0.4, 0.5) is 17.6 Å². The number of benzene rings is 2. The highest BCUT2D eigenvalue weighted by Crippen LogP contribution is 2.40. The van der Waals surface area contributed by atoms with Crippen LogP contribution in [0.5, 0.6) is 17.2 Å². The fraction of sp³-hybridized carbons (Fsp3) is 0.240. The molecule has 0 aliphatic rings. The van der Waals surface area contributed by atoms with Crippen molar-refractivity contribution < 1.29 is 52.2 Å². The van der Waals surface area contributed by atoms with Crippen LogP contribution in [-0.2, 0) is 10.4 Å². The highest BCUT2D eigenvalue weighted by atomic mass is 35.5. The maximum Gasteiger partial charge on any atom is 0.424 e. The summed E-state index contributed by atoms with van der Waals surface area (Å²) in [7, 11) is 2.52. The van der Waals surface area contributed by atoms with Crippen LogP contribution < -0.4 is 25.3 Å². The number of pyridine rings is 1. The molecule has 0 aliphatic heterocycles. The minimum atomic E-state index is -5.28. The Morgan fingerprint density at radius 2 is 1.69 bits per heavy atom. The molecule has 0 bridgehead atoms. The number of carbonyl (C=O) groups is 2. The topological polar surface area (TPSA) is 135 Å². The average Bonchev–Trinajstić information content (AvgIpc) is 2.90. The van der Waals surface area contributed by atoms with Gasteiger partial charge in [0, 0.05) is 11.1 Å². The number of ether oxygens (including phenoxy) is 3. The minimum Gasteiger partial charge on any atom is -0.494 e. The second-order valence-electron chi connectivity index (χ2n) is 8.11. The van der Waals surface area contributed by atoms with Crippen molar-refractivity contribution in [3.05, 3.63) is 70.6 Å². The lowest BCUT2D eigenvalue weighted by Gasteiger charge is -2.30. The van der Waals surface area contributed by atoms with Crippen molar-refractivity contribution in [3.63, 3.8) is 0 Å². The van der Waals surface area contributed by atoms with E-state index in [9.17, 15) is 32.3 Å². The van der Waals surface area contributed by atoms with Gasteiger partial charge in [0.05, 0.1) is 31.5 Å². The molecule has 208 valence electrons. The maximum absolute atomic E-state index is 14.2.